The molecule has 10 heteroatoms. The molecule has 1 N–H and O–H groups in total. The molecule has 2 aromatic rings. The number of amides is 1. The van der Waals surface area contributed by atoms with Crippen molar-refractivity contribution in [3.8, 4) is 11.8 Å². The first-order valence-corrected chi connectivity index (χ1v) is 6.19. The second-order valence-corrected chi connectivity index (χ2v) is 4.37. The van der Waals surface area contributed by atoms with Gasteiger partial charge in [-0.3, -0.25) is 9.36 Å². The van der Waals surface area contributed by atoms with Gasteiger partial charge in [0.25, 0.3) is 0 Å². The Labute approximate surface area is 128 Å². The fraction of sp³-hybridized carbons (Fsp3) is 0.167. The number of hydrogen-bond donors (Lipinski definition) is 1. The molecule has 0 aliphatic heterocycles. The van der Waals surface area contributed by atoms with Crippen LogP contribution in [0.5, 0.6) is 5.75 Å². The van der Waals surface area contributed by atoms with Gasteiger partial charge in [0.15, 0.2) is 0 Å². The molecule has 0 bridgehead atoms. The van der Waals surface area contributed by atoms with E-state index in [0.717, 1.165) is 0 Å². The molecule has 2 rings (SSSR count). The molecule has 0 atom stereocenters. The monoisotopic (exact) mass is 327 g/mol. The number of aromatic nitrogens is 3. The van der Waals surface area contributed by atoms with Crippen molar-refractivity contribution < 1.29 is 18.3 Å². The number of carbonyl (C=O) groups excluding carboxylic acids is 1. The molecule has 0 saturated carbocycles. The zero-order chi connectivity index (χ0) is 16.1. The van der Waals surface area contributed by atoms with Crippen molar-refractivity contribution in [3.05, 3.63) is 35.4 Å². The van der Waals surface area contributed by atoms with E-state index >= 15 is 0 Å². The second-order valence-electron chi connectivity index (χ2n) is 3.97. The van der Waals surface area contributed by atoms with Crippen molar-refractivity contribution >= 4 is 23.2 Å². The van der Waals surface area contributed by atoms with E-state index in [4.69, 9.17) is 16.9 Å². The number of anilines is 1. The Morgan fingerprint density at radius 1 is 1.55 bits per heavy atom. The summed E-state index contributed by atoms with van der Waals surface area (Å²) in [7, 11) is 0. The fourth-order valence-electron chi connectivity index (χ4n) is 1.58. The molecule has 0 aliphatic rings. The van der Waals surface area contributed by atoms with Gasteiger partial charge in [-0.05, 0) is 18.2 Å². The van der Waals surface area contributed by atoms with Crippen LogP contribution in [0.3, 0.4) is 0 Å². The van der Waals surface area contributed by atoms with Crippen LogP contribution in [0.2, 0.25) is 5.02 Å². The van der Waals surface area contributed by atoms with Crippen LogP contribution in [0.15, 0.2) is 24.5 Å². The van der Waals surface area contributed by atoms with Crippen molar-refractivity contribution in [2.45, 2.75) is 13.2 Å². The number of nitriles is 1. The van der Waals surface area contributed by atoms with Gasteiger partial charge in [0, 0.05) is 5.69 Å². The van der Waals surface area contributed by atoms with E-state index in [9.17, 15) is 13.6 Å². The summed E-state index contributed by atoms with van der Waals surface area (Å²) in [5.41, 5.74) is 0.295. The molecule has 1 heterocycles. The lowest BCUT2D eigenvalue weighted by Crippen LogP contribution is -2.19. The number of carbonyl (C=O) groups is 1. The molecule has 7 nitrogen and oxygen atoms in total. The first-order valence-electron chi connectivity index (χ1n) is 5.81. The summed E-state index contributed by atoms with van der Waals surface area (Å²) in [4.78, 5) is 11.8. The van der Waals surface area contributed by atoms with Crippen LogP contribution in [0.25, 0.3) is 0 Å². The quantitative estimate of drug-likeness (QED) is 0.907. The Morgan fingerprint density at radius 2 is 2.32 bits per heavy atom. The highest BCUT2D eigenvalue weighted by Gasteiger charge is 2.12. The molecular weight excluding hydrogens is 320 g/mol. The minimum Gasteiger partial charge on any atom is -0.433 e. The lowest BCUT2D eigenvalue weighted by Gasteiger charge is -2.10. The van der Waals surface area contributed by atoms with E-state index < -0.39 is 12.5 Å². The summed E-state index contributed by atoms with van der Waals surface area (Å²) in [5, 5.41) is 18.2. The molecule has 0 unspecified atom stereocenters. The minimum absolute atomic E-state index is 0.00568. The maximum absolute atomic E-state index is 12.1. The highest BCUT2D eigenvalue weighted by molar-refractivity contribution is 6.32. The molecule has 22 heavy (non-hydrogen) atoms. The Bertz CT molecular complexity index is 729. The van der Waals surface area contributed by atoms with Gasteiger partial charge >= 0.3 is 6.61 Å². The normalized spacial score (nSPS) is 10.3. The first-order chi connectivity index (χ1) is 10.5. The van der Waals surface area contributed by atoms with Gasteiger partial charge in [0.1, 0.15) is 24.7 Å². The highest BCUT2D eigenvalue weighted by Crippen LogP contribution is 2.28. The van der Waals surface area contributed by atoms with Crippen molar-refractivity contribution in [2.75, 3.05) is 5.32 Å². The third kappa shape index (κ3) is 3.89. The summed E-state index contributed by atoms with van der Waals surface area (Å²) in [5.74, 6) is -0.663. The average molecular weight is 328 g/mol. The van der Waals surface area contributed by atoms with E-state index in [1.54, 1.807) is 6.07 Å². The van der Waals surface area contributed by atoms with Gasteiger partial charge in [-0.25, -0.2) is 0 Å². The van der Waals surface area contributed by atoms with Gasteiger partial charge in [0.2, 0.25) is 11.7 Å². The third-order valence-corrected chi connectivity index (χ3v) is 2.76. The Balaban J connectivity index is 2.03. The molecule has 0 radical (unpaired) electrons. The van der Waals surface area contributed by atoms with Crippen LogP contribution < -0.4 is 10.1 Å². The largest absolute Gasteiger partial charge is 0.433 e. The molecule has 1 amide bonds. The average Bonchev–Trinajstić information content (AvgIpc) is 2.88. The molecule has 0 aliphatic carbocycles. The highest BCUT2D eigenvalue weighted by atomic mass is 35.5. The Morgan fingerprint density at radius 3 is 2.95 bits per heavy atom. The predicted molar refractivity (Wildman–Crippen MR) is 71.5 cm³/mol. The number of nitrogens with zero attached hydrogens (tertiary/aromatic N) is 4. The zero-order valence-electron chi connectivity index (χ0n) is 10.8. The molecule has 1 aromatic heterocycles. The lowest BCUT2D eigenvalue weighted by atomic mass is 10.3. The molecular formula is C12H8ClF2N5O2. The van der Waals surface area contributed by atoms with Crippen LogP contribution in [0, 0.1) is 11.3 Å². The lowest BCUT2D eigenvalue weighted by molar-refractivity contribution is -0.116. The number of rotatable bonds is 5. The van der Waals surface area contributed by atoms with Crippen LogP contribution in [0.4, 0.5) is 14.5 Å². The summed E-state index contributed by atoms with van der Waals surface area (Å²) in [6, 6.07) is 5.62. The van der Waals surface area contributed by atoms with Crippen LogP contribution in [-0.4, -0.2) is 27.3 Å². The number of benzene rings is 1. The SMILES string of the molecule is N#Cc1nncn1CC(=O)Nc1ccc(OC(F)F)c(Cl)c1. The summed E-state index contributed by atoms with van der Waals surface area (Å²) >= 11 is 5.77. The molecule has 1 aromatic carbocycles. The van der Waals surface area contributed by atoms with E-state index in [1.807, 2.05) is 0 Å². The number of ether oxygens (including phenoxy) is 1. The Kier molecular flexibility index (Phi) is 4.85. The smallest absolute Gasteiger partial charge is 0.387 e. The second kappa shape index (κ2) is 6.82. The number of nitrogens with one attached hydrogen (secondary N) is 1. The van der Waals surface area contributed by atoms with E-state index in [1.165, 1.54) is 29.1 Å². The van der Waals surface area contributed by atoms with Gasteiger partial charge in [0.05, 0.1) is 5.02 Å². The Hall–Kier alpha value is -2.73. The van der Waals surface area contributed by atoms with Gasteiger partial charge in [-0.1, -0.05) is 11.6 Å². The third-order valence-electron chi connectivity index (χ3n) is 2.46. The summed E-state index contributed by atoms with van der Waals surface area (Å²) < 4.78 is 29.6. The van der Waals surface area contributed by atoms with Crippen molar-refractivity contribution in [2.24, 2.45) is 0 Å². The molecule has 0 saturated heterocycles. The maximum atomic E-state index is 12.1. The van der Waals surface area contributed by atoms with Gasteiger partial charge < -0.3 is 10.1 Å². The molecule has 0 fully saturated rings. The van der Waals surface area contributed by atoms with E-state index in [-0.39, 0.29) is 23.1 Å². The van der Waals surface area contributed by atoms with Crippen molar-refractivity contribution in [3.63, 3.8) is 0 Å². The van der Waals surface area contributed by atoms with E-state index in [0.29, 0.717) is 5.69 Å². The van der Waals surface area contributed by atoms with Crippen molar-refractivity contribution in [1.82, 2.24) is 14.8 Å². The standard InChI is InChI=1S/C12H8ClF2N5O2/c13-8-3-7(1-2-9(8)22-12(14)15)18-11(21)5-20-6-17-19-10(20)4-16/h1-3,6,12H,5H2,(H,18,21). The van der Waals surface area contributed by atoms with Gasteiger partial charge in [-0.15, -0.1) is 10.2 Å². The van der Waals surface area contributed by atoms with Gasteiger partial charge in [-0.2, -0.15) is 14.0 Å². The first kappa shape index (κ1) is 15.7. The molecule has 0 spiro atoms. The summed E-state index contributed by atoms with van der Waals surface area (Å²) in [6.07, 6.45) is 1.24. The maximum Gasteiger partial charge on any atom is 0.387 e. The number of alkyl halides is 2. The number of halogens is 3. The van der Waals surface area contributed by atoms with Crippen LogP contribution in [-0.2, 0) is 11.3 Å². The van der Waals surface area contributed by atoms with Crippen LogP contribution in [0.1, 0.15) is 5.82 Å². The summed E-state index contributed by atoms with van der Waals surface area (Å²) in [6.45, 7) is -3.17. The topological polar surface area (TPSA) is 92.8 Å². The fourth-order valence-corrected chi connectivity index (χ4v) is 1.81. The molecule has 114 valence electrons. The zero-order valence-corrected chi connectivity index (χ0v) is 11.6. The van der Waals surface area contributed by atoms with Crippen molar-refractivity contribution in [1.29, 1.82) is 5.26 Å². The van der Waals surface area contributed by atoms with E-state index in [2.05, 4.69) is 20.3 Å². The number of hydrogen-bond acceptors (Lipinski definition) is 5. The minimum atomic E-state index is -2.99. The van der Waals surface area contributed by atoms with Crippen LogP contribution >= 0.6 is 11.6 Å². The predicted octanol–water partition coefficient (Wildman–Crippen LogP) is 2.04.